The van der Waals surface area contributed by atoms with Crippen LogP contribution in [0.1, 0.15) is 13.8 Å². The van der Waals surface area contributed by atoms with Crippen molar-refractivity contribution in [2.75, 3.05) is 23.4 Å². The molecule has 0 aliphatic heterocycles. The van der Waals surface area contributed by atoms with E-state index in [2.05, 4.69) is 5.32 Å². The van der Waals surface area contributed by atoms with E-state index in [0.29, 0.717) is 5.75 Å². The average Bonchev–Trinajstić information content (AvgIpc) is 2.37. The van der Waals surface area contributed by atoms with Crippen LogP contribution in [0.3, 0.4) is 0 Å². The summed E-state index contributed by atoms with van der Waals surface area (Å²) in [5.74, 6) is 0.872. The minimum Gasteiger partial charge on any atom is -0.479 e. The topological polar surface area (TPSA) is 79.2 Å². The van der Waals surface area contributed by atoms with Gasteiger partial charge in [-0.2, -0.15) is 5.26 Å². The van der Waals surface area contributed by atoms with Crippen LogP contribution in [0, 0.1) is 11.3 Å². The highest BCUT2D eigenvalue weighted by atomic mass is 32.2. The molecule has 104 valence electrons. The third-order valence-corrected chi connectivity index (χ3v) is 4.40. The molecule has 0 bridgehead atoms. The molecule has 0 radical (unpaired) electrons. The molecule has 0 spiro atoms. The van der Waals surface area contributed by atoms with Crippen LogP contribution < -0.4 is 10.1 Å². The molecule has 0 amide bonds. The summed E-state index contributed by atoms with van der Waals surface area (Å²) < 4.78 is 28.1. The quantitative estimate of drug-likeness (QED) is 0.825. The highest BCUT2D eigenvalue weighted by Crippen LogP contribution is 2.16. The fourth-order valence-corrected chi connectivity index (χ4v) is 2.67. The SMILES string of the molecule is CCS(=O)(=O)CC(C)Nc1ccc(OCC#N)cc1. The average molecular weight is 282 g/mol. The third kappa shape index (κ3) is 5.62. The summed E-state index contributed by atoms with van der Waals surface area (Å²) in [7, 11) is -2.98. The molecule has 6 heteroatoms. The highest BCUT2D eigenvalue weighted by molar-refractivity contribution is 7.91. The van der Waals surface area contributed by atoms with Crippen molar-refractivity contribution in [3.63, 3.8) is 0 Å². The maximum Gasteiger partial charge on any atom is 0.174 e. The number of ether oxygens (including phenoxy) is 1. The molecular formula is C13H18N2O3S. The van der Waals surface area contributed by atoms with E-state index < -0.39 is 9.84 Å². The fraction of sp³-hybridized carbons (Fsp3) is 0.462. The fourth-order valence-electron chi connectivity index (χ4n) is 1.59. The molecule has 1 N–H and O–H groups in total. The van der Waals surface area contributed by atoms with Gasteiger partial charge in [0.05, 0.1) is 5.75 Å². The van der Waals surface area contributed by atoms with Gasteiger partial charge in [0.1, 0.15) is 11.8 Å². The molecule has 0 aromatic heterocycles. The van der Waals surface area contributed by atoms with E-state index in [-0.39, 0.29) is 24.2 Å². The number of nitrogens with zero attached hydrogens (tertiary/aromatic N) is 1. The maximum atomic E-state index is 11.5. The first-order valence-electron chi connectivity index (χ1n) is 6.03. The van der Waals surface area contributed by atoms with E-state index in [1.54, 1.807) is 31.2 Å². The Balaban J connectivity index is 2.56. The predicted molar refractivity (Wildman–Crippen MR) is 75.0 cm³/mol. The smallest absolute Gasteiger partial charge is 0.174 e. The first kappa shape index (κ1) is 15.3. The minimum absolute atomic E-state index is 0.0118. The van der Waals surface area contributed by atoms with E-state index >= 15 is 0 Å². The molecule has 1 unspecified atom stereocenters. The Morgan fingerprint density at radius 2 is 2.00 bits per heavy atom. The first-order valence-corrected chi connectivity index (χ1v) is 7.85. The molecular weight excluding hydrogens is 264 g/mol. The number of sulfone groups is 1. The molecule has 1 rings (SSSR count). The van der Waals surface area contributed by atoms with E-state index in [1.165, 1.54) is 0 Å². The van der Waals surface area contributed by atoms with Gasteiger partial charge in [-0.05, 0) is 31.2 Å². The van der Waals surface area contributed by atoms with Gasteiger partial charge in [0, 0.05) is 17.5 Å². The van der Waals surface area contributed by atoms with Gasteiger partial charge in [0.15, 0.2) is 16.4 Å². The molecule has 0 saturated heterocycles. The second kappa shape index (κ2) is 7.00. The Labute approximate surface area is 114 Å². The van der Waals surface area contributed by atoms with Crippen LogP contribution in [-0.4, -0.2) is 32.6 Å². The summed E-state index contributed by atoms with van der Waals surface area (Å²) in [5, 5.41) is 11.5. The van der Waals surface area contributed by atoms with Gasteiger partial charge < -0.3 is 10.1 Å². The molecule has 1 aromatic rings. The van der Waals surface area contributed by atoms with Crippen LogP contribution in [0.25, 0.3) is 0 Å². The summed E-state index contributed by atoms with van der Waals surface area (Å²) in [6.07, 6.45) is 0. The summed E-state index contributed by atoms with van der Waals surface area (Å²) in [5.41, 5.74) is 0.822. The van der Waals surface area contributed by atoms with Crippen LogP contribution in [0.2, 0.25) is 0 Å². The number of hydrogen-bond donors (Lipinski definition) is 1. The van der Waals surface area contributed by atoms with Crippen molar-refractivity contribution in [2.24, 2.45) is 0 Å². The minimum atomic E-state index is -2.98. The van der Waals surface area contributed by atoms with Crippen molar-refractivity contribution < 1.29 is 13.2 Å². The van der Waals surface area contributed by atoms with Crippen molar-refractivity contribution in [3.8, 4) is 11.8 Å². The number of hydrogen-bond acceptors (Lipinski definition) is 5. The summed E-state index contributed by atoms with van der Waals surface area (Å²) >= 11 is 0. The van der Waals surface area contributed by atoms with Crippen LogP contribution in [-0.2, 0) is 9.84 Å². The molecule has 19 heavy (non-hydrogen) atoms. The van der Waals surface area contributed by atoms with Gasteiger partial charge in [-0.1, -0.05) is 6.92 Å². The molecule has 0 heterocycles. The number of benzene rings is 1. The zero-order valence-corrected chi connectivity index (χ0v) is 11.9. The Morgan fingerprint density at radius 3 is 2.53 bits per heavy atom. The molecule has 0 saturated carbocycles. The number of nitrogens with one attached hydrogen (secondary N) is 1. The molecule has 0 aliphatic carbocycles. The second-order valence-electron chi connectivity index (χ2n) is 4.22. The normalized spacial score (nSPS) is 12.5. The predicted octanol–water partition coefficient (Wildman–Crippen LogP) is 1.82. The molecule has 1 atom stereocenters. The number of nitriles is 1. The van der Waals surface area contributed by atoms with Crippen LogP contribution in [0.15, 0.2) is 24.3 Å². The summed E-state index contributed by atoms with van der Waals surface area (Å²) in [6, 6.07) is 8.79. The summed E-state index contributed by atoms with van der Waals surface area (Å²) in [6.45, 7) is 3.48. The lowest BCUT2D eigenvalue weighted by Gasteiger charge is -2.15. The lowest BCUT2D eigenvalue weighted by molar-refractivity contribution is 0.368. The molecule has 0 fully saturated rings. The van der Waals surface area contributed by atoms with Crippen LogP contribution in [0.4, 0.5) is 5.69 Å². The van der Waals surface area contributed by atoms with Gasteiger partial charge in [-0.15, -0.1) is 0 Å². The van der Waals surface area contributed by atoms with Crippen molar-refractivity contribution >= 4 is 15.5 Å². The van der Waals surface area contributed by atoms with E-state index in [4.69, 9.17) is 10.00 Å². The van der Waals surface area contributed by atoms with Crippen molar-refractivity contribution in [1.82, 2.24) is 0 Å². The van der Waals surface area contributed by atoms with Crippen molar-refractivity contribution in [2.45, 2.75) is 19.9 Å². The van der Waals surface area contributed by atoms with Crippen LogP contribution >= 0.6 is 0 Å². The monoisotopic (exact) mass is 282 g/mol. The van der Waals surface area contributed by atoms with E-state index in [1.807, 2.05) is 13.0 Å². The molecule has 1 aromatic carbocycles. The Hall–Kier alpha value is -1.74. The van der Waals surface area contributed by atoms with Crippen molar-refractivity contribution in [1.29, 1.82) is 5.26 Å². The van der Waals surface area contributed by atoms with Gasteiger partial charge in [-0.25, -0.2) is 8.42 Å². The van der Waals surface area contributed by atoms with Crippen LogP contribution in [0.5, 0.6) is 5.75 Å². The van der Waals surface area contributed by atoms with E-state index in [0.717, 1.165) is 5.69 Å². The lowest BCUT2D eigenvalue weighted by atomic mass is 10.2. The second-order valence-corrected chi connectivity index (χ2v) is 6.61. The van der Waals surface area contributed by atoms with Crippen molar-refractivity contribution in [3.05, 3.63) is 24.3 Å². The largest absolute Gasteiger partial charge is 0.479 e. The Bertz CT molecular complexity index is 532. The first-order chi connectivity index (χ1) is 8.96. The standard InChI is InChI=1S/C13H18N2O3S/c1-3-19(16,17)10-11(2)15-12-4-6-13(7-5-12)18-9-8-14/h4-7,11,15H,3,9-10H2,1-2H3. The number of anilines is 1. The van der Waals surface area contributed by atoms with Gasteiger partial charge in [0.2, 0.25) is 0 Å². The lowest BCUT2D eigenvalue weighted by Crippen LogP contribution is -2.26. The molecule has 5 nitrogen and oxygen atoms in total. The Morgan fingerprint density at radius 1 is 1.37 bits per heavy atom. The zero-order chi connectivity index (χ0) is 14.3. The van der Waals surface area contributed by atoms with Gasteiger partial charge in [0.25, 0.3) is 0 Å². The van der Waals surface area contributed by atoms with E-state index in [9.17, 15) is 8.42 Å². The third-order valence-electron chi connectivity index (χ3n) is 2.51. The van der Waals surface area contributed by atoms with Gasteiger partial charge >= 0.3 is 0 Å². The van der Waals surface area contributed by atoms with Gasteiger partial charge in [-0.3, -0.25) is 0 Å². The maximum absolute atomic E-state index is 11.5. The summed E-state index contributed by atoms with van der Waals surface area (Å²) in [4.78, 5) is 0. The number of rotatable bonds is 7. The zero-order valence-electron chi connectivity index (χ0n) is 11.1. The molecule has 0 aliphatic rings. The highest BCUT2D eigenvalue weighted by Gasteiger charge is 2.13. The Kier molecular flexibility index (Phi) is 5.64.